The molecule has 118 valence electrons. The predicted molar refractivity (Wildman–Crippen MR) is 80.5 cm³/mol. The first-order valence-electron chi connectivity index (χ1n) is 7.14. The summed E-state index contributed by atoms with van der Waals surface area (Å²) in [4.78, 5) is 12.3. The van der Waals surface area contributed by atoms with Crippen molar-refractivity contribution in [1.82, 2.24) is 0 Å². The Morgan fingerprint density at radius 2 is 2.09 bits per heavy atom. The van der Waals surface area contributed by atoms with E-state index < -0.39 is 11.9 Å². The lowest BCUT2D eigenvalue weighted by Crippen LogP contribution is -2.23. The minimum Gasteiger partial charge on any atom is -0.484 e. The largest absolute Gasteiger partial charge is 0.484 e. The van der Waals surface area contributed by atoms with Crippen molar-refractivity contribution in [2.45, 2.75) is 19.1 Å². The molecular weight excluding hydrogens is 323 g/mol. The molecule has 23 heavy (non-hydrogen) atoms. The first-order chi connectivity index (χ1) is 11.1. The Morgan fingerprint density at radius 1 is 1.22 bits per heavy atom. The smallest absolute Gasteiger partial charge is 0.189 e. The molecule has 0 aromatic heterocycles. The summed E-state index contributed by atoms with van der Waals surface area (Å²) in [5.41, 5.74) is 1.79. The minimum absolute atomic E-state index is 0.105. The Kier molecular flexibility index (Phi) is 3.47. The Bertz CT molecular complexity index is 805. The average molecular weight is 335 g/mol. The zero-order chi connectivity index (χ0) is 16.0. The molecule has 0 saturated carbocycles. The zero-order valence-corrected chi connectivity index (χ0v) is 12.7. The molecule has 0 fully saturated rings. The van der Waals surface area contributed by atoms with E-state index in [2.05, 4.69) is 0 Å². The second-order valence-electron chi connectivity index (χ2n) is 5.47. The molecule has 6 heteroatoms. The third-order valence-corrected chi connectivity index (χ3v) is 4.15. The molecule has 4 rings (SSSR count). The second-order valence-corrected chi connectivity index (χ2v) is 5.90. The summed E-state index contributed by atoms with van der Waals surface area (Å²) in [7, 11) is 0. The van der Waals surface area contributed by atoms with Gasteiger partial charge in [-0.3, -0.25) is 4.79 Å². The van der Waals surface area contributed by atoms with E-state index in [-0.39, 0.29) is 24.6 Å². The summed E-state index contributed by atoms with van der Waals surface area (Å²) in [5, 5.41) is 0.522. The minimum atomic E-state index is -0.522. The molecule has 0 radical (unpaired) electrons. The van der Waals surface area contributed by atoms with Crippen molar-refractivity contribution < 1.29 is 23.4 Å². The van der Waals surface area contributed by atoms with Gasteiger partial charge in [0.15, 0.2) is 12.6 Å². The highest BCUT2D eigenvalue weighted by Crippen LogP contribution is 2.42. The summed E-state index contributed by atoms with van der Waals surface area (Å²) in [6, 6.07) is 7.44. The highest BCUT2D eigenvalue weighted by Gasteiger charge is 2.31. The quantitative estimate of drug-likeness (QED) is 0.789. The van der Waals surface area contributed by atoms with Crippen molar-refractivity contribution in [3.8, 4) is 11.5 Å². The molecule has 2 aromatic carbocycles. The van der Waals surface area contributed by atoms with Crippen molar-refractivity contribution in [3.05, 3.63) is 57.9 Å². The molecule has 2 heterocycles. The number of hydrogen-bond acceptors (Lipinski definition) is 4. The van der Waals surface area contributed by atoms with Crippen LogP contribution < -0.4 is 9.47 Å². The molecule has 4 nitrogen and oxygen atoms in total. The van der Waals surface area contributed by atoms with Crippen LogP contribution >= 0.6 is 11.6 Å². The molecule has 0 N–H and O–H groups in total. The van der Waals surface area contributed by atoms with Gasteiger partial charge in [-0.2, -0.15) is 0 Å². The number of ketones is 1. The Morgan fingerprint density at radius 3 is 2.96 bits per heavy atom. The third kappa shape index (κ3) is 2.56. The molecule has 0 aliphatic carbocycles. The molecule has 0 amide bonds. The number of hydrogen-bond donors (Lipinski definition) is 0. The van der Waals surface area contributed by atoms with E-state index >= 15 is 0 Å². The van der Waals surface area contributed by atoms with Crippen molar-refractivity contribution in [2.75, 3.05) is 6.79 Å². The normalized spacial score (nSPS) is 19.4. The number of halogens is 2. The van der Waals surface area contributed by atoms with E-state index in [1.165, 1.54) is 18.2 Å². The van der Waals surface area contributed by atoms with Crippen LogP contribution in [0.25, 0.3) is 0 Å². The molecule has 2 aliphatic heterocycles. The number of Topliss-reactive ketones (excluding diaryl/α,β-unsaturated/α-hetero) is 1. The molecule has 1 atom stereocenters. The molecular formula is C17H12ClFO4. The maximum absolute atomic E-state index is 13.3. The van der Waals surface area contributed by atoms with Crippen molar-refractivity contribution in [2.24, 2.45) is 0 Å². The van der Waals surface area contributed by atoms with Gasteiger partial charge in [0.1, 0.15) is 23.4 Å². The average Bonchev–Trinajstić information content (AvgIpc) is 2.54. The summed E-state index contributed by atoms with van der Waals surface area (Å²) in [6.45, 7) is 0.537. The topological polar surface area (TPSA) is 44.8 Å². The van der Waals surface area contributed by atoms with Gasteiger partial charge in [0.05, 0.1) is 18.6 Å². The van der Waals surface area contributed by atoms with Gasteiger partial charge < -0.3 is 14.2 Å². The Balaban J connectivity index is 1.76. The van der Waals surface area contributed by atoms with E-state index in [1.54, 1.807) is 12.1 Å². The SMILES string of the molecule is O=C1C[C@H](c2cc(Cl)cc3c2OCOC3)Oc2ccc(F)cc21. The first kappa shape index (κ1) is 14.5. The number of fused-ring (bicyclic) bond motifs is 2. The number of rotatable bonds is 1. The number of carbonyl (C=O) groups is 1. The molecule has 2 aromatic rings. The molecule has 0 saturated heterocycles. The van der Waals surface area contributed by atoms with Crippen LogP contribution in [0.5, 0.6) is 11.5 Å². The number of carbonyl (C=O) groups excluding carboxylic acids is 1. The lowest BCUT2D eigenvalue weighted by molar-refractivity contribution is -0.0183. The van der Waals surface area contributed by atoms with Gasteiger partial charge in [-0.15, -0.1) is 0 Å². The van der Waals surface area contributed by atoms with Crippen LogP contribution in [0.4, 0.5) is 4.39 Å². The molecule has 2 aliphatic rings. The highest BCUT2D eigenvalue weighted by molar-refractivity contribution is 6.30. The predicted octanol–water partition coefficient (Wildman–Crippen LogP) is 4.05. The van der Waals surface area contributed by atoms with Gasteiger partial charge in [-0.05, 0) is 30.3 Å². The van der Waals surface area contributed by atoms with Crippen LogP contribution in [-0.4, -0.2) is 12.6 Å². The summed E-state index contributed by atoms with van der Waals surface area (Å²) >= 11 is 6.16. The first-order valence-corrected chi connectivity index (χ1v) is 7.52. The highest BCUT2D eigenvalue weighted by atomic mass is 35.5. The third-order valence-electron chi connectivity index (χ3n) is 3.93. The maximum Gasteiger partial charge on any atom is 0.189 e. The number of ether oxygens (including phenoxy) is 3. The summed E-state index contributed by atoms with van der Waals surface area (Å²) in [5.74, 6) is 0.383. The maximum atomic E-state index is 13.3. The van der Waals surface area contributed by atoms with E-state index in [4.69, 9.17) is 25.8 Å². The van der Waals surface area contributed by atoms with Crippen molar-refractivity contribution in [1.29, 1.82) is 0 Å². The van der Waals surface area contributed by atoms with Crippen LogP contribution in [0.3, 0.4) is 0 Å². The van der Waals surface area contributed by atoms with Crippen molar-refractivity contribution in [3.63, 3.8) is 0 Å². The van der Waals surface area contributed by atoms with Gasteiger partial charge in [-0.25, -0.2) is 4.39 Å². The molecule has 0 bridgehead atoms. The van der Waals surface area contributed by atoms with Crippen LogP contribution in [0.1, 0.15) is 34.0 Å². The fourth-order valence-corrected chi connectivity index (χ4v) is 3.17. The summed E-state index contributed by atoms with van der Waals surface area (Å²) < 4.78 is 30.0. The van der Waals surface area contributed by atoms with Gasteiger partial charge >= 0.3 is 0 Å². The summed E-state index contributed by atoms with van der Waals surface area (Å²) in [6.07, 6.45) is -0.418. The van der Waals surface area contributed by atoms with Crippen LogP contribution in [0.2, 0.25) is 5.02 Å². The van der Waals surface area contributed by atoms with Gasteiger partial charge in [0, 0.05) is 16.1 Å². The van der Waals surface area contributed by atoms with Gasteiger partial charge in [0.2, 0.25) is 0 Å². The lowest BCUT2D eigenvalue weighted by atomic mass is 9.94. The van der Waals surface area contributed by atoms with Gasteiger partial charge in [0.25, 0.3) is 0 Å². The Labute approximate surface area is 136 Å². The Hall–Kier alpha value is -2.11. The fourth-order valence-electron chi connectivity index (χ4n) is 2.92. The van der Waals surface area contributed by atoms with E-state index in [0.29, 0.717) is 28.7 Å². The molecule has 0 unspecified atom stereocenters. The molecule has 0 spiro atoms. The van der Waals surface area contributed by atoms with Crippen LogP contribution in [-0.2, 0) is 11.3 Å². The van der Waals surface area contributed by atoms with Gasteiger partial charge in [-0.1, -0.05) is 11.6 Å². The van der Waals surface area contributed by atoms with E-state index in [0.717, 1.165) is 5.56 Å². The fraction of sp³-hybridized carbons (Fsp3) is 0.235. The number of benzene rings is 2. The monoisotopic (exact) mass is 334 g/mol. The zero-order valence-electron chi connectivity index (χ0n) is 12.0. The van der Waals surface area contributed by atoms with E-state index in [1.807, 2.05) is 0 Å². The van der Waals surface area contributed by atoms with Crippen LogP contribution in [0.15, 0.2) is 30.3 Å². The van der Waals surface area contributed by atoms with Crippen LogP contribution in [0, 0.1) is 5.82 Å². The van der Waals surface area contributed by atoms with E-state index in [9.17, 15) is 9.18 Å². The standard InChI is InChI=1S/C17H12ClFO4/c18-10-3-9-7-21-8-22-17(9)13(4-10)16-6-14(20)12-5-11(19)1-2-15(12)23-16/h1-5,16H,6-8H2/t16-/m1/s1. The lowest BCUT2D eigenvalue weighted by Gasteiger charge is -2.29. The second kappa shape index (κ2) is 5.51. The van der Waals surface area contributed by atoms with Crippen molar-refractivity contribution >= 4 is 17.4 Å².